The van der Waals surface area contributed by atoms with Crippen LogP contribution >= 0.6 is 0 Å². The Kier molecular flexibility index (Phi) is 7.24. The standard InChI is InChI=1S/C22H23F2N3O5/c1-2-32-22(31)27-7-5-16(6-8-27)25-21(30)18-4-3-17(12-19(18)28)26-20(29)13-9-14(23)11-15(24)10-13/h3-4,9-12,16,28H,2,5-8H2,1H3,(H,25,30)(H,26,29). The molecule has 2 aromatic rings. The van der Waals surface area contributed by atoms with Crippen LogP contribution in [0.5, 0.6) is 5.75 Å². The number of carbonyl (C=O) groups excluding carboxylic acids is 3. The lowest BCUT2D eigenvalue weighted by Gasteiger charge is -2.31. The summed E-state index contributed by atoms with van der Waals surface area (Å²) in [7, 11) is 0. The Morgan fingerprint density at radius 3 is 2.31 bits per heavy atom. The van der Waals surface area contributed by atoms with Gasteiger partial charge in [0.25, 0.3) is 11.8 Å². The Morgan fingerprint density at radius 1 is 1.06 bits per heavy atom. The van der Waals surface area contributed by atoms with E-state index in [1.165, 1.54) is 18.2 Å². The third-order valence-corrected chi connectivity index (χ3v) is 4.98. The summed E-state index contributed by atoms with van der Waals surface area (Å²) >= 11 is 0. The van der Waals surface area contributed by atoms with Gasteiger partial charge in [0.1, 0.15) is 17.4 Å². The van der Waals surface area contributed by atoms with Crippen LogP contribution in [0.3, 0.4) is 0 Å². The molecule has 0 saturated carbocycles. The van der Waals surface area contributed by atoms with Gasteiger partial charge in [-0.15, -0.1) is 0 Å². The van der Waals surface area contributed by atoms with Crippen molar-refractivity contribution < 1.29 is 33.0 Å². The topological polar surface area (TPSA) is 108 Å². The molecule has 10 heteroatoms. The van der Waals surface area contributed by atoms with Crippen LogP contribution in [0.4, 0.5) is 19.3 Å². The highest BCUT2D eigenvalue weighted by atomic mass is 19.1. The van der Waals surface area contributed by atoms with Gasteiger partial charge < -0.3 is 25.4 Å². The van der Waals surface area contributed by atoms with Crippen molar-refractivity contribution in [3.8, 4) is 5.75 Å². The van der Waals surface area contributed by atoms with E-state index in [0.717, 1.165) is 12.1 Å². The smallest absolute Gasteiger partial charge is 0.409 e. The molecule has 0 aliphatic carbocycles. The van der Waals surface area contributed by atoms with E-state index < -0.39 is 23.4 Å². The summed E-state index contributed by atoms with van der Waals surface area (Å²) in [6, 6.07) is 6.14. The van der Waals surface area contributed by atoms with Crippen LogP contribution in [-0.2, 0) is 4.74 Å². The summed E-state index contributed by atoms with van der Waals surface area (Å²) in [6.45, 7) is 2.92. The molecule has 8 nitrogen and oxygen atoms in total. The van der Waals surface area contributed by atoms with E-state index in [-0.39, 0.29) is 34.7 Å². The summed E-state index contributed by atoms with van der Waals surface area (Å²) in [4.78, 5) is 38.0. The fourth-order valence-electron chi connectivity index (χ4n) is 3.37. The number of nitrogens with zero attached hydrogens (tertiary/aromatic N) is 1. The summed E-state index contributed by atoms with van der Waals surface area (Å²) in [5.41, 5.74) is -0.0675. The van der Waals surface area contributed by atoms with E-state index in [0.29, 0.717) is 38.6 Å². The molecule has 0 unspecified atom stereocenters. The zero-order chi connectivity index (χ0) is 23.3. The SMILES string of the molecule is CCOC(=O)N1CCC(NC(=O)c2ccc(NC(=O)c3cc(F)cc(F)c3)cc2O)CC1. The summed E-state index contributed by atoms with van der Waals surface area (Å²) in [6.07, 6.45) is 0.710. The van der Waals surface area contributed by atoms with Gasteiger partial charge in [0.05, 0.1) is 12.2 Å². The monoisotopic (exact) mass is 447 g/mol. The van der Waals surface area contributed by atoms with Crippen molar-refractivity contribution in [3.63, 3.8) is 0 Å². The molecule has 3 amide bonds. The lowest BCUT2D eigenvalue weighted by Crippen LogP contribution is -2.46. The normalized spacial score (nSPS) is 14.0. The molecule has 2 aromatic carbocycles. The average Bonchev–Trinajstić information content (AvgIpc) is 2.73. The van der Waals surface area contributed by atoms with Crippen molar-refractivity contribution >= 4 is 23.6 Å². The first-order valence-electron chi connectivity index (χ1n) is 10.1. The molecule has 0 radical (unpaired) electrons. The number of rotatable bonds is 5. The van der Waals surface area contributed by atoms with E-state index in [4.69, 9.17) is 4.74 Å². The van der Waals surface area contributed by atoms with Crippen LogP contribution < -0.4 is 10.6 Å². The maximum Gasteiger partial charge on any atom is 0.409 e. The molecule has 3 rings (SSSR count). The lowest BCUT2D eigenvalue weighted by atomic mass is 10.0. The van der Waals surface area contributed by atoms with Gasteiger partial charge in [-0.1, -0.05) is 0 Å². The second-order valence-electron chi connectivity index (χ2n) is 7.28. The minimum Gasteiger partial charge on any atom is -0.507 e. The number of hydrogen-bond donors (Lipinski definition) is 3. The number of amides is 3. The van der Waals surface area contributed by atoms with Gasteiger partial charge in [0, 0.05) is 42.5 Å². The third-order valence-electron chi connectivity index (χ3n) is 4.98. The molecule has 1 fully saturated rings. The summed E-state index contributed by atoms with van der Waals surface area (Å²) < 4.78 is 31.5. The number of ether oxygens (including phenoxy) is 1. The molecule has 1 heterocycles. The number of hydrogen-bond acceptors (Lipinski definition) is 5. The number of nitrogens with one attached hydrogen (secondary N) is 2. The second-order valence-corrected chi connectivity index (χ2v) is 7.28. The van der Waals surface area contributed by atoms with Gasteiger partial charge in [0.2, 0.25) is 0 Å². The second kappa shape index (κ2) is 10.1. The van der Waals surface area contributed by atoms with E-state index in [9.17, 15) is 28.3 Å². The molecule has 1 aliphatic heterocycles. The first-order chi connectivity index (χ1) is 15.3. The van der Waals surface area contributed by atoms with Crippen molar-refractivity contribution in [2.75, 3.05) is 25.0 Å². The predicted molar refractivity (Wildman–Crippen MR) is 112 cm³/mol. The molecule has 0 spiro atoms. The van der Waals surface area contributed by atoms with E-state index >= 15 is 0 Å². The number of anilines is 1. The van der Waals surface area contributed by atoms with Crippen LogP contribution in [0.15, 0.2) is 36.4 Å². The van der Waals surface area contributed by atoms with Gasteiger partial charge >= 0.3 is 6.09 Å². The number of benzene rings is 2. The highest BCUT2D eigenvalue weighted by Crippen LogP contribution is 2.23. The molecule has 170 valence electrons. The molecule has 32 heavy (non-hydrogen) atoms. The predicted octanol–water partition coefficient (Wildman–Crippen LogP) is 3.27. The Morgan fingerprint density at radius 2 is 1.72 bits per heavy atom. The lowest BCUT2D eigenvalue weighted by molar-refractivity contribution is 0.0858. The molecule has 0 bridgehead atoms. The molecule has 0 atom stereocenters. The molecule has 0 aromatic heterocycles. The highest BCUT2D eigenvalue weighted by molar-refractivity contribution is 6.05. The van der Waals surface area contributed by atoms with Gasteiger partial charge in [-0.05, 0) is 44.0 Å². The van der Waals surface area contributed by atoms with Crippen LogP contribution in [0, 0.1) is 11.6 Å². The quantitative estimate of drug-likeness (QED) is 0.652. The average molecular weight is 447 g/mol. The summed E-state index contributed by atoms with van der Waals surface area (Å²) in [5.74, 6) is -3.42. The van der Waals surface area contributed by atoms with E-state index in [1.54, 1.807) is 11.8 Å². The first kappa shape index (κ1) is 23.0. The number of phenols is 1. The van der Waals surface area contributed by atoms with Crippen molar-refractivity contribution in [2.45, 2.75) is 25.8 Å². The van der Waals surface area contributed by atoms with Crippen LogP contribution in [0.1, 0.15) is 40.5 Å². The zero-order valence-electron chi connectivity index (χ0n) is 17.4. The molecule has 3 N–H and O–H groups in total. The van der Waals surface area contributed by atoms with E-state index in [2.05, 4.69) is 10.6 Å². The Bertz CT molecular complexity index is 1000. The van der Waals surface area contributed by atoms with Crippen molar-refractivity contribution in [2.24, 2.45) is 0 Å². The van der Waals surface area contributed by atoms with Crippen LogP contribution in [0.2, 0.25) is 0 Å². The third kappa shape index (κ3) is 5.71. The summed E-state index contributed by atoms with van der Waals surface area (Å²) in [5, 5.41) is 15.5. The number of carbonyl (C=O) groups is 3. The van der Waals surface area contributed by atoms with Gasteiger partial charge in [-0.2, -0.15) is 0 Å². The van der Waals surface area contributed by atoms with Crippen molar-refractivity contribution in [3.05, 3.63) is 59.2 Å². The highest BCUT2D eigenvalue weighted by Gasteiger charge is 2.25. The number of phenolic OH excluding ortho intramolecular Hbond substituents is 1. The van der Waals surface area contributed by atoms with Gasteiger partial charge in [0.15, 0.2) is 0 Å². The minimum absolute atomic E-state index is 0.00706. The van der Waals surface area contributed by atoms with Crippen molar-refractivity contribution in [1.29, 1.82) is 0 Å². The van der Waals surface area contributed by atoms with Gasteiger partial charge in [-0.25, -0.2) is 13.6 Å². The Hall–Kier alpha value is -3.69. The first-order valence-corrected chi connectivity index (χ1v) is 10.1. The number of aromatic hydroxyl groups is 1. The maximum absolute atomic E-state index is 13.3. The zero-order valence-corrected chi connectivity index (χ0v) is 17.4. The molecule has 1 aliphatic rings. The minimum atomic E-state index is -0.891. The van der Waals surface area contributed by atoms with Crippen LogP contribution in [0.25, 0.3) is 0 Å². The Labute approximate surface area is 183 Å². The van der Waals surface area contributed by atoms with Crippen molar-refractivity contribution in [1.82, 2.24) is 10.2 Å². The Balaban J connectivity index is 1.58. The van der Waals surface area contributed by atoms with E-state index in [1.807, 2.05) is 0 Å². The molecular weight excluding hydrogens is 424 g/mol. The molecular formula is C22H23F2N3O5. The van der Waals surface area contributed by atoms with Crippen LogP contribution in [-0.4, -0.2) is 53.7 Å². The fourth-order valence-corrected chi connectivity index (χ4v) is 3.37. The molecule has 1 saturated heterocycles. The largest absolute Gasteiger partial charge is 0.507 e. The fraction of sp³-hybridized carbons (Fsp3) is 0.318. The number of piperidine rings is 1. The van der Waals surface area contributed by atoms with Gasteiger partial charge in [-0.3, -0.25) is 9.59 Å². The number of likely N-dealkylation sites (tertiary alicyclic amines) is 1. The maximum atomic E-state index is 13.3. The number of halogens is 2.